The molecule has 1 N–H and O–H groups in total. The molecule has 118 valence electrons. The number of halogens is 2. The maximum atomic E-state index is 13.6. The first kappa shape index (κ1) is 19.5. The molecule has 0 bridgehead atoms. The van der Waals surface area contributed by atoms with E-state index in [1.807, 2.05) is 47.6 Å². The summed E-state index contributed by atoms with van der Waals surface area (Å²) >= 11 is 0. The van der Waals surface area contributed by atoms with E-state index in [1.54, 1.807) is 6.92 Å². The van der Waals surface area contributed by atoms with Crippen LogP contribution in [0.4, 0.5) is 8.78 Å². The zero-order valence-electron chi connectivity index (χ0n) is 14.2. The minimum atomic E-state index is -0.230. The second-order valence-corrected chi connectivity index (χ2v) is 5.68. The topological polar surface area (TPSA) is 23.9 Å². The van der Waals surface area contributed by atoms with Gasteiger partial charge in [0.15, 0.2) is 0 Å². The molecule has 0 aromatic heterocycles. The maximum absolute atomic E-state index is 13.6. The number of benzene rings is 1. The van der Waals surface area contributed by atoms with Crippen molar-refractivity contribution in [1.29, 1.82) is 5.41 Å². The molecule has 0 amide bonds. The van der Waals surface area contributed by atoms with Gasteiger partial charge in [0.2, 0.25) is 0 Å². The molecule has 0 saturated heterocycles. The first-order valence-electron chi connectivity index (χ1n) is 7.21. The third-order valence-electron chi connectivity index (χ3n) is 3.56. The normalized spacial score (nSPS) is 11.2. The summed E-state index contributed by atoms with van der Waals surface area (Å²) in [6, 6.07) is 1.47. The van der Waals surface area contributed by atoms with Crippen molar-refractivity contribution in [2.24, 2.45) is 5.92 Å². The highest BCUT2D eigenvalue weighted by Gasteiger charge is 2.13. The van der Waals surface area contributed by atoms with Crippen molar-refractivity contribution in [2.75, 3.05) is 6.67 Å². The van der Waals surface area contributed by atoms with E-state index in [-0.39, 0.29) is 18.4 Å². The molecule has 3 heteroatoms. The molecule has 1 aromatic carbocycles. The molecule has 1 aromatic rings. The Morgan fingerprint density at radius 1 is 1.19 bits per heavy atom. The Labute approximate surface area is 127 Å². The SMILES string of the molecule is C/C=C(/C)C(=N)c1cc(F)c(C)c(C)c1C.CC(C)CF. The van der Waals surface area contributed by atoms with Crippen molar-refractivity contribution in [3.63, 3.8) is 0 Å². The molecule has 0 spiro atoms. The zero-order valence-corrected chi connectivity index (χ0v) is 14.2. The first-order valence-corrected chi connectivity index (χ1v) is 7.21. The number of rotatable bonds is 3. The summed E-state index contributed by atoms with van der Waals surface area (Å²) in [5, 5.41) is 8.01. The van der Waals surface area contributed by atoms with Crippen LogP contribution in [0.3, 0.4) is 0 Å². The number of hydrogen-bond acceptors (Lipinski definition) is 1. The van der Waals surface area contributed by atoms with Gasteiger partial charge in [-0.25, -0.2) is 4.39 Å². The molecule has 1 nitrogen and oxygen atoms in total. The minimum absolute atomic E-state index is 0.194. The molecule has 0 aliphatic heterocycles. The fourth-order valence-electron chi connectivity index (χ4n) is 1.62. The Kier molecular flexibility index (Phi) is 8.08. The van der Waals surface area contributed by atoms with Crippen LogP contribution in [0, 0.1) is 37.9 Å². The minimum Gasteiger partial charge on any atom is -0.300 e. The van der Waals surface area contributed by atoms with Crippen LogP contribution >= 0.6 is 0 Å². The van der Waals surface area contributed by atoms with Gasteiger partial charge in [-0.2, -0.15) is 0 Å². The van der Waals surface area contributed by atoms with Crippen molar-refractivity contribution in [2.45, 2.75) is 48.5 Å². The highest BCUT2D eigenvalue weighted by molar-refractivity contribution is 6.11. The predicted octanol–water partition coefficient (Wildman–Crippen LogP) is 5.70. The molecule has 0 heterocycles. The Bertz CT molecular complexity index is 529. The van der Waals surface area contributed by atoms with Gasteiger partial charge in [-0.15, -0.1) is 0 Å². The van der Waals surface area contributed by atoms with Gasteiger partial charge in [-0.05, 0) is 68.9 Å². The van der Waals surface area contributed by atoms with E-state index in [4.69, 9.17) is 5.41 Å². The molecular weight excluding hydrogens is 268 g/mol. The van der Waals surface area contributed by atoms with Gasteiger partial charge < -0.3 is 0 Å². The van der Waals surface area contributed by atoms with E-state index < -0.39 is 0 Å². The summed E-state index contributed by atoms with van der Waals surface area (Å²) in [5.41, 5.74) is 4.56. The fraction of sp³-hybridized carbons (Fsp3) is 0.500. The lowest BCUT2D eigenvalue weighted by molar-refractivity contribution is 0.404. The lowest BCUT2D eigenvalue weighted by Crippen LogP contribution is -2.07. The molecule has 0 atom stereocenters. The van der Waals surface area contributed by atoms with Crippen LogP contribution in [0.5, 0.6) is 0 Å². The first-order chi connectivity index (χ1) is 9.67. The molecule has 0 unspecified atom stereocenters. The third-order valence-corrected chi connectivity index (χ3v) is 3.56. The molecule has 21 heavy (non-hydrogen) atoms. The van der Waals surface area contributed by atoms with E-state index in [2.05, 4.69) is 0 Å². The highest BCUT2D eigenvalue weighted by atomic mass is 19.1. The van der Waals surface area contributed by atoms with E-state index in [9.17, 15) is 8.78 Å². The molecule has 0 saturated carbocycles. The summed E-state index contributed by atoms with van der Waals surface area (Å²) in [5.74, 6) is -0.0123. The number of nitrogens with one attached hydrogen (secondary N) is 1. The summed E-state index contributed by atoms with van der Waals surface area (Å²) in [7, 11) is 0. The van der Waals surface area contributed by atoms with E-state index in [0.29, 0.717) is 16.8 Å². The third kappa shape index (κ3) is 5.41. The lowest BCUT2D eigenvalue weighted by atomic mass is 9.93. The van der Waals surface area contributed by atoms with Crippen molar-refractivity contribution in [3.05, 3.63) is 45.8 Å². The Balaban J connectivity index is 0.000000690. The van der Waals surface area contributed by atoms with Crippen molar-refractivity contribution in [3.8, 4) is 0 Å². The van der Waals surface area contributed by atoms with Crippen molar-refractivity contribution in [1.82, 2.24) is 0 Å². The van der Waals surface area contributed by atoms with Gasteiger partial charge in [-0.3, -0.25) is 9.80 Å². The average Bonchev–Trinajstić information content (AvgIpc) is 2.47. The molecular formula is C18H27F2N. The van der Waals surface area contributed by atoms with Gasteiger partial charge >= 0.3 is 0 Å². The molecule has 0 aliphatic carbocycles. The molecule has 1 rings (SSSR count). The van der Waals surface area contributed by atoms with Gasteiger partial charge in [0.25, 0.3) is 0 Å². The van der Waals surface area contributed by atoms with Crippen LogP contribution < -0.4 is 0 Å². The van der Waals surface area contributed by atoms with Crippen LogP contribution in [0.25, 0.3) is 0 Å². The van der Waals surface area contributed by atoms with Crippen LogP contribution in [0.2, 0.25) is 0 Å². The predicted molar refractivity (Wildman–Crippen MR) is 87.7 cm³/mol. The van der Waals surface area contributed by atoms with Crippen LogP contribution in [-0.2, 0) is 0 Å². The Morgan fingerprint density at radius 3 is 2.05 bits per heavy atom. The summed E-state index contributed by atoms with van der Waals surface area (Å²) in [6.07, 6.45) is 1.87. The largest absolute Gasteiger partial charge is 0.300 e. The van der Waals surface area contributed by atoms with E-state index in [1.165, 1.54) is 6.07 Å². The van der Waals surface area contributed by atoms with Crippen molar-refractivity contribution < 1.29 is 8.78 Å². The zero-order chi connectivity index (χ0) is 16.7. The summed E-state index contributed by atoms with van der Waals surface area (Å²) in [6.45, 7) is 12.9. The smallest absolute Gasteiger partial charge is 0.127 e. The van der Waals surface area contributed by atoms with Gasteiger partial charge in [0, 0.05) is 5.56 Å². The Hall–Kier alpha value is -1.51. The lowest BCUT2D eigenvalue weighted by Gasteiger charge is -2.13. The number of alkyl halides is 1. The molecule has 0 aliphatic rings. The monoisotopic (exact) mass is 295 g/mol. The van der Waals surface area contributed by atoms with Crippen LogP contribution in [0.1, 0.15) is 49.9 Å². The molecule has 0 fully saturated rings. The number of allylic oxidation sites excluding steroid dienone is 2. The van der Waals surface area contributed by atoms with E-state index in [0.717, 1.165) is 16.7 Å². The Morgan fingerprint density at radius 2 is 1.67 bits per heavy atom. The van der Waals surface area contributed by atoms with Crippen LogP contribution in [-0.4, -0.2) is 12.4 Å². The second-order valence-electron chi connectivity index (χ2n) is 5.68. The summed E-state index contributed by atoms with van der Waals surface area (Å²) < 4.78 is 24.7. The average molecular weight is 295 g/mol. The fourth-order valence-corrected chi connectivity index (χ4v) is 1.62. The maximum Gasteiger partial charge on any atom is 0.127 e. The second kappa shape index (κ2) is 8.71. The van der Waals surface area contributed by atoms with Gasteiger partial charge in [0.1, 0.15) is 5.82 Å². The number of hydrogen-bond donors (Lipinski definition) is 1. The van der Waals surface area contributed by atoms with Gasteiger partial charge in [0.05, 0.1) is 12.4 Å². The van der Waals surface area contributed by atoms with Crippen LogP contribution in [0.15, 0.2) is 17.7 Å². The van der Waals surface area contributed by atoms with Crippen molar-refractivity contribution >= 4 is 5.71 Å². The standard InChI is InChI=1S/C14H18FN.C4H9F/c1-6-8(2)14(16)12-7-13(15)11(5)9(3)10(12)4;1-4(2)3-5/h6-7,16H,1-5H3;4H,3H2,1-2H3/b8-6-,16-14?;. The van der Waals surface area contributed by atoms with E-state index >= 15 is 0 Å². The van der Waals surface area contributed by atoms with Gasteiger partial charge in [-0.1, -0.05) is 19.9 Å². The quantitative estimate of drug-likeness (QED) is 0.692. The summed E-state index contributed by atoms with van der Waals surface area (Å²) in [4.78, 5) is 0. The highest BCUT2D eigenvalue weighted by Crippen LogP contribution is 2.22. The molecule has 0 radical (unpaired) electrons.